The van der Waals surface area contributed by atoms with Crippen molar-refractivity contribution in [3.8, 4) is 0 Å². The lowest BCUT2D eigenvalue weighted by molar-refractivity contribution is 0.633. The lowest BCUT2D eigenvalue weighted by Crippen LogP contribution is -2.20. The van der Waals surface area contributed by atoms with Crippen LogP contribution in [0.25, 0.3) is 10.9 Å². The van der Waals surface area contributed by atoms with Crippen LogP contribution >= 0.6 is 11.6 Å². The van der Waals surface area contributed by atoms with E-state index in [9.17, 15) is 0 Å². The van der Waals surface area contributed by atoms with Gasteiger partial charge in [0.15, 0.2) is 5.82 Å². The first-order valence-electron chi connectivity index (χ1n) is 7.08. The molecule has 0 radical (unpaired) electrons. The summed E-state index contributed by atoms with van der Waals surface area (Å²) in [5, 5.41) is 4.95. The van der Waals surface area contributed by atoms with Gasteiger partial charge in [0.1, 0.15) is 5.15 Å². The highest BCUT2D eigenvalue weighted by atomic mass is 35.5. The van der Waals surface area contributed by atoms with Crippen LogP contribution in [0.15, 0.2) is 48.5 Å². The monoisotopic (exact) mass is 295 g/mol. The zero-order valence-electron chi connectivity index (χ0n) is 11.4. The Morgan fingerprint density at radius 1 is 1.00 bits per heavy atom. The Morgan fingerprint density at radius 3 is 2.76 bits per heavy atom. The highest BCUT2D eigenvalue weighted by molar-refractivity contribution is 6.34. The second-order valence-electron chi connectivity index (χ2n) is 5.28. The molecule has 0 saturated carbocycles. The van der Waals surface area contributed by atoms with Gasteiger partial charge >= 0.3 is 0 Å². The molecule has 2 heterocycles. The molecule has 0 fully saturated rings. The van der Waals surface area contributed by atoms with Gasteiger partial charge in [-0.2, -0.15) is 0 Å². The number of para-hydroxylation sites is 2. The number of benzene rings is 2. The van der Waals surface area contributed by atoms with Gasteiger partial charge in [0.05, 0.1) is 11.6 Å². The maximum absolute atomic E-state index is 6.30. The highest BCUT2D eigenvalue weighted by Crippen LogP contribution is 2.32. The van der Waals surface area contributed by atoms with E-state index in [-0.39, 0.29) is 6.04 Å². The van der Waals surface area contributed by atoms with Crippen LogP contribution in [0.3, 0.4) is 0 Å². The number of nitrogens with zero attached hydrogens (tertiary/aromatic N) is 2. The molecule has 1 atom stereocenters. The van der Waals surface area contributed by atoms with Crippen molar-refractivity contribution < 1.29 is 0 Å². The van der Waals surface area contributed by atoms with Crippen LogP contribution in [0, 0.1) is 0 Å². The molecule has 1 aromatic heterocycles. The van der Waals surface area contributed by atoms with Crippen LogP contribution in [0.5, 0.6) is 0 Å². The van der Waals surface area contributed by atoms with Gasteiger partial charge in [-0.25, -0.2) is 9.97 Å². The van der Waals surface area contributed by atoms with Crippen LogP contribution in [0.2, 0.25) is 5.15 Å². The molecule has 3 nitrogen and oxygen atoms in total. The molecular formula is C17H14ClN3. The van der Waals surface area contributed by atoms with Crippen molar-refractivity contribution in [3.05, 3.63) is 65.1 Å². The van der Waals surface area contributed by atoms with E-state index >= 15 is 0 Å². The lowest BCUT2D eigenvalue weighted by atomic mass is 9.97. The van der Waals surface area contributed by atoms with Gasteiger partial charge in [-0.05, 0) is 36.6 Å². The molecule has 0 spiro atoms. The van der Waals surface area contributed by atoms with E-state index in [0.717, 1.165) is 29.6 Å². The zero-order valence-corrected chi connectivity index (χ0v) is 12.1. The van der Waals surface area contributed by atoms with Crippen molar-refractivity contribution in [1.29, 1.82) is 0 Å². The first-order chi connectivity index (χ1) is 10.3. The molecule has 1 aliphatic heterocycles. The zero-order chi connectivity index (χ0) is 14.2. The standard InChI is InChI=1S/C17H14ClN3/c18-16-12-6-2-4-8-14(12)20-17(21-16)15-10-9-11-5-1-3-7-13(11)19-15/h1-8,15,19H,9-10H2. The Labute approximate surface area is 128 Å². The molecule has 4 heteroatoms. The molecule has 3 aromatic rings. The van der Waals surface area contributed by atoms with E-state index < -0.39 is 0 Å². The summed E-state index contributed by atoms with van der Waals surface area (Å²) in [6.45, 7) is 0. The van der Waals surface area contributed by atoms with E-state index in [4.69, 9.17) is 11.6 Å². The summed E-state index contributed by atoms with van der Waals surface area (Å²) < 4.78 is 0. The molecular weight excluding hydrogens is 282 g/mol. The fraction of sp³-hybridized carbons (Fsp3) is 0.176. The maximum Gasteiger partial charge on any atom is 0.152 e. The van der Waals surface area contributed by atoms with Crippen molar-refractivity contribution in [2.24, 2.45) is 0 Å². The normalized spacial score (nSPS) is 17.3. The number of aryl methyl sites for hydroxylation is 1. The number of hydrogen-bond acceptors (Lipinski definition) is 3. The average molecular weight is 296 g/mol. The molecule has 4 rings (SSSR count). The predicted molar refractivity (Wildman–Crippen MR) is 85.7 cm³/mol. The van der Waals surface area contributed by atoms with Crippen molar-refractivity contribution in [2.45, 2.75) is 18.9 Å². The predicted octanol–water partition coefficient (Wildman–Crippen LogP) is 4.38. The number of fused-ring (bicyclic) bond motifs is 2. The maximum atomic E-state index is 6.30. The SMILES string of the molecule is Clc1nc(C2CCc3ccccc3N2)nc2ccccc12. The molecule has 0 aliphatic carbocycles. The molecule has 21 heavy (non-hydrogen) atoms. The van der Waals surface area contributed by atoms with Crippen LogP contribution in [-0.2, 0) is 6.42 Å². The Morgan fingerprint density at radius 2 is 1.81 bits per heavy atom. The third-order valence-corrected chi connectivity index (χ3v) is 4.22. The van der Waals surface area contributed by atoms with Crippen molar-refractivity contribution >= 4 is 28.2 Å². The smallest absolute Gasteiger partial charge is 0.152 e. The Bertz CT molecular complexity index is 816. The Hall–Kier alpha value is -2.13. The van der Waals surface area contributed by atoms with Crippen molar-refractivity contribution in [2.75, 3.05) is 5.32 Å². The van der Waals surface area contributed by atoms with Crippen LogP contribution in [-0.4, -0.2) is 9.97 Å². The molecule has 1 unspecified atom stereocenters. The van der Waals surface area contributed by atoms with Crippen molar-refractivity contribution in [3.63, 3.8) is 0 Å². The molecule has 0 amide bonds. The van der Waals surface area contributed by atoms with Gasteiger partial charge < -0.3 is 5.32 Å². The fourth-order valence-electron chi connectivity index (χ4n) is 2.84. The van der Waals surface area contributed by atoms with E-state index in [1.807, 2.05) is 30.3 Å². The summed E-state index contributed by atoms with van der Waals surface area (Å²) in [5.41, 5.74) is 3.41. The largest absolute Gasteiger partial charge is 0.375 e. The summed E-state index contributed by atoms with van der Waals surface area (Å²) in [7, 11) is 0. The number of anilines is 1. The first kappa shape index (κ1) is 12.6. The third kappa shape index (κ3) is 2.24. The van der Waals surface area contributed by atoms with Gasteiger partial charge in [-0.15, -0.1) is 0 Å². The lowest BCUT2D eigenvalue weighted by Gasteiger charge is -2.26. The second kappa shape index (κ2) is 5.01. The average Bonchev–Trinajstić information content (AvgIpc) is 2.54. The minimum absolute atomic E-state index is 0.113. The highest BCUT2D eigenvalue weighted by Gasteiger charge is 2.22. The van der Waals surface area contributed by atoms with E-state index in [2.05, 4.69) is 33.5 Å². The van der Waals surface area contributed by atoms with E-state index in [1.54, 1.807) is 0 Å². The number of hydrogen-bond donors (Lipinski definition) is 1. The van der Waals surface area contributed by atoms with Gasteiger partial charge in [-0.1, -0.05) is 41.9 Å². The van der Waals surface area contributed by atoms with Crippen LogP contribution in [0.4, 0.5) is 5.69 Å². The summed E-state index contributed by atoms with van der Waals surface area (Å²) in [6.07, 6.45) is 2.01. The quantitative estimate of drug-likeness (QED) is 0.677. The summed E-state index contributed by atoms with van der Waals surface area (Å²) in [4.78, 5) is 9.16. The molecule has 1 N–H and O–H groups in total. The molecule has 2 aromatic carbocycles. The molecule has 0 bridgehead atoms. The minimum atomic E-state index is 0.113. The number of aromatic nitrogens is 2. The van der Waals surface area contributed by atoms with Crippen LogP contribution < -0.4 is 5.32 Å². The summed E-state index contributed by atoms with van der Waals surface area (Å²) >= 11 is 6.30. The van der Waals surface area contributed by atoms with Crippen LogP contribution in [0.1, 0.15) is 23.9 Å². The topological polar surface area (TPSA) is 37.8 Å². The number of rotatable bonds is 1. The van der Waals surface area contributed by atoms with Gasteiger partial charge in [0.2, 0.25) is 0 Å². The number of halogens is 1. The van der Waals surface area contributed by atoms with E-state index in [0.29, 0.717) is 5.15 Å². The van der Waals surface area contributed by atoms with Gasteiger partial charge in [0, 0.05) is 11.1 Å². The summed E-state index contributed by atoms with van der Waals surface area (Å²) in [5.74, 6) is 0.771. The Balaban J connectivity index is 1.75. The molecule has 0 saturated heterocycles. The molecule has 104 valence electrons. The summed E-state index contributed by atoms with van der Waals surface area (Å²) in [6, 6.07) is 16.3. The van der Waals surface area contributed by atoms with Gasteiger partial charge in [-0.3, -0.25) is 0 Å². The van der Waals surface area contributed by atoms with Gasteiger partial charge in [0.25, 0.3) is 0 Å². The van der Waals surface area contributed by atoms with Crippen molar-refractivity contribution in [1.82, 2.24) is 9.97 Å². The molecule has 1 aliphatic rings. The second-order valence-corrected chi connectivity index (χ2v) is 5.64. The number of nitrogens with one attached hydrogen (secondary N) is 1. The fourth-order valence-corrected chi connectivity index (χ4v) is 3.09. The minimum Gasteiger partial charge on any atom is -0.375 e. The Kier molecular flexibility index (Phi) is 3.00. The third-order valence-electron chi connectivity index (χ3n) is 3.94. The van der Waals surface area contributed by atoms with E-state index in [1.165, 1.54) is 11.3 Å². The first-order valence-corrected chi connectivity index (χ1v) is 7.46.